The van der Waals surface area contributed by atoms with Gasteiger partial charge in [0.15, 0.2) is 0 Å². The number of rotatable bonds is 2. The van der Waals surface area contributed by atoms with Crippen LogP contribution < -0.4 is 5.73 Å². The summed E-state index contributed by atoms with van der Waals surface area (Å²) in [4.78, 5) is 8.45. The Hall–Kier alpha value is -2.42. The van der Waals surface area contributed by atoms with Gasteiger partial charge in [0.1, 0.15) is 5.82 Å². The fourth-order valence-electron chi connectivity index (χ4n) is 3.03. The number of aromatic nitrogens is 2. The molecule has 2 aromatic carbocycles. The van der Waals surface area contributed by atoms with Crippen LogP contribution in [0.2, 0.25) is 5.28 Å². The second kappa shape index (κ2) is 6.83. The highest BCUT2D eigenvalue weighted by Gasteiger charge is 2.15. The third-order valence-corrected chi connectivity index (χ3v) is 4.57. The Bertz CT molecular complexity index is 1040. The van der Waals surface area contributed by atoms with Gasteiger partial charge in [-0.15, -0.1) is 0 Å². The first-order chi connectivity index (χ1) is 11.9. The fraction of sp³-hybridized carbons (Fsp3) is 0.105. The number of nitrogens with two attached hydrogens (primary N) is 1. The van der Waals surface area contributed by atoms with Gasteiger partial charge in [0.05, 0.1) is 11.6 Å². The zero-order valence-electron chi connectivity index (χ0n) is 13.6. The highest BCUT2D eigenvalue weighted by atomic mass is 79.9. The lowest BCUT2D eigenvalue weighted by atomic mass is 9.92. The van der Waals surface area contributed by atoms with Crippen molar-refractivity contribution >= 4 is 50.3 Å². The zero-order chi connectivity index (χ0) is 18.1. The number of nitriles is 1. The number of anilines is 1. The lowest BCUT2D eigenvalue weighted by molar-refractivity contribution is 1.23. The van der Waals surface area contributed by atoms with Crippen molar-refractivity contribution in [2.75, 3.05) is 5.73 Å². The van der Waals surface area contributed by atoms with Gasteiger partial charge in [-0.2, -0.15) is 5.26 Å². The van der Waals surface area contributed by atoms with Crippen molar-refractivity contribution in [1.82, 2.24) is 9.97 Å². The standard InChI is InChI=1S/C19H14BrClN4/c1-10-6-12(4-3-5-22)7-11(2)16(10)14-8-13(20)9-15-17(14)24-19(21)25-18(15)23/h3-4,6-9H,1-2H3,(H2,23,24,25)/b4-3+. The third kappa shape index (κ3) is 3.37. The Morgan fingerprint density at radius 2 is 1.84 bits per heavy atom. The molecule has 124 valence electrons. The molecule has 4 nitrogen and oxygen atoms in total. The number of nitrogens with zero attached hydrogens (tertiary/aromatic N) is 3. The minimum absolute atomic E-state index is 0.123. The van der Waals surface area contributed by atoms with Gasteiger partial charge in [-0.1, -0.05) is 28.1 Å². The lowest BCUT2D eigenvalue weighted by Gasteiger charge is -2.15. The van der Waals surface area contributed by atoms with E-state index in [0.29, 0.717) is 11.3 Å². The zero-order valence-corrected chi connectivity index (χ0v) is 16.0. The van der Waals surface area contributed by atoms with Crippen LogP contribution in [-0.2, 0) is 0 Å². The molecule has 0 aliphatic heterocycles. The summed E-state index contributed by atoms with van der Waals surface area (Å²) in [5, 5.41) is 9.59. The Balaban J connectivity index is 2.34. The smallest absolute Gasteiger partial charge is 0.224 e. The van der Waals surface area contributed by atoms with Crippen LogP contribution in [0.25, 0.3) is 28.1 Å². The summed E-state index contributed by atoms with van der Waals surface area (Å²) in [5.41, 5.74) is 11.9. The second-order valence-electron chi connectivity index (χ2n) is 5.72. The molecule has 0 saturated carbocycles. The molecule has 0 unspecified atom stereocenters. The van der Waals surface area contributed by atoms with Gasteiger partial charge >= 0.3 is 0 Å². The summed E-state index contributed by atoms with van der Waals surface area (Å²) in [5.74, 6) is 0.349. The lowest BCUT2D eigenvalue weighted by Crippen LogP contribution is -1.98. The molecule has 0 radical (unpaired) electrons. The van der Waals surface area contributed by atoms with E-state index in [1.54, 1.807) is 6.08 Å². The minimum atomic E-state index is 0.123. The predicted molar refractivity (Wildman–Crippen MR) is 106 cm³/mol. The summed E-state index contributed by atoms with van der Waals surface area (Å²) in [6, 6.07) is 9.98. The molecule has 1 heterocycles. The van der Waals surface area contributed by atoms with Crippen LogP contribution in [0.3, 0.4) is 0 Å². The maximum atomic E-state index is 8.72. The second-order valence-corrected chi connectivity index (χ2v) is 6.97. The van der Waals surface area contributed by atoms with Crippen molar-refractivity contribution in [1.29, 1.82) is 5.26 Å². The van der Waals surface area contributed by atoms with Gasteiger partial charge in [-0.3, -0.25) is 0 Å². The van der Waals surface area contributed by atoms with Crippen LogP contribution in [0.5, 0.6) is 0 Å². The Morgan fingerprint density at radius 1 is 1.16 bits per heavy atom. The van der Waals surface area contributed by atoms with Crippen LogP contribution in [0, 0.1) is 25.2 Å². The van der Waals surface area contributed by atoms with E-state index in [0.717, 1.165) is 37.7 Å². The average Bonchev–Trinajstić information content (AvgIpc) is 2.53. The number of hydrogen-bond acceptors (Lipinski definition) is 4. The minimum Gasteiger partial charge on any atom is -0.383 e. The number of fused-ring (bicyclic) bond motifs is 1. The van der Waals surface area contributed by atoms with E-state index >= 15 is 0 Å². The third-order valence-electron chi connectivity index (χ3n) is 3.94. The SMILES string of the molecule is Cc1cc(/C=C/C#N)cc(C)c1-c1cc(Br)cc2c(N)nc(Cl)nc12. The van der Waals surface area contributed by atoms with Crippen LogP contribution >= 0.6 is 27.5 Å². The largest absolute Gasteiger partial charge is 0.383 e. The maximum Gasteiger partial charge on any atom is 0.224 e. The summed E-state index contributed by atoms with van der Waals surface area (Å²) in [6.45, 7) is 4.07. The number of nitrogen functional groups attached to an aromatic ring is 1. The van der Waals surface area contributed by atoms with Crippen molar-refractivity contribution in [3.05, 3.63) is 56.8 Å². The number of aryl methyl sites for hydroxylation is 2. The van der Waals surface area contributed by atoms with Crippen molar-refractivity contribution < 1.29 is 0 Å². The molecule has 0 saturated heterocycles. The Kier molecular flexibility index (Phi) is 4.76. The van der Waals surface area contributed by atoms with E-state index in [9.17, 15) is 0 Å². The van der Waals surface area contributed by atoms with Crippen LogP contribution in [-0.4, -0.2) is 9.97 Å². The van der Waals surface area contributed by atoms with Crippen LogP contribution in [0.15, 0.2) is 34.8 Å². The fourth-order valence-corrected chi connectivity index (χ4v) is 3.67. The summed E-state index contributed by atoms with van der Waals surface area (Å²) in [6.07, 6.45) is 3.26. The predicted octanol–water partition coefficient (Wildman–Crippen LogP) is 5.45. The molecule has 0 spiro atoms. The molecule has 0 amide bonds. The quantitative estimate of drug-likeness (QED) is 0.448. The van der Waals surface area contributed by atoms with Gasteiger partial charge in [-0.05, 0) is 65.9 Å². The molecule has 0 atom stereocenters. The first-order valence-corrected chi connectivity index (χ1v) is 8.68. The van der Waals surface area contributed by atoms with E-state index < -0.39 is 0 Å². The van der Waals surface area contributed by atoms with E-state index in [-0.39, 0.29) is 5.28 Å². The molecule has 6 heteroatoms. The maximum absolute atomic E-state index is 8.72. The van der Waals surface area contributed by atoms with Gasteiger partial charge in [0, 0.05) is 21.5 Å². The number of halogens is 2. The summed E-state index contributed by atoms with van der Waals surface area (Å²) < 4.78 is 0.889. The highest BCUT2D eigenvalue weighted by molar-refractivity contribution is 9.10. The molecule has 1 aromatic heterocycles. The van der Waals surface area contributed by atoms with E-state index in [2.05, 4.69) is 25.9 Å². The Morgan fingerprint density at radius 3 is 2.48 bits per heavy atom. The summed E-state index contributed by atoms with van der Waals surface area (Å²) >= 11 is 9.57. The van der Waals surface area contributed by atoms with E-state index in [1.807, 2.05) is 44.2 Å². The molecule has 0 bridgehead atoms. The first kappa shape index (κ1) is 17.4. The van der Waals surface area contributed by atoms with E-state index in [1.165, 1.54) is 6.08 Å². The van der Waals surface area contributed by atoms with Crippen molar-refractivity contribution in [2.45, 2.75) is 13.8 Å². The molecule has 0 aliphatic carbocycles. The molecule has 3 rings (SSSR count). The molecular formula is C19H14BrClN4. The number of allylic oxidation sites excluding steroid dienone is 1. The number of hydrogen-bond donors (Lipinski definition) is 1. The summed E-state index contributed by atoms with van der Waals surface area (Å²) in [7, 11) is 0. The van der Waals surface area contributed by atoms with Gasteiger partial charge in [0.25, 0.3) is 0 Å². The average molecular weight is 414 g/mol. The van der Waals surface area contributed by atoms with Crippen molar-refractivity contribution in [2.24, 2.45) is 0 Å². The number of benzene rings is 2. The molecule has 0 fully saturated rings. The van der Waals surface area contributed by atoms with Gasteiger partial charge in [0.2, 0.25) is 5.28 Å². The Labute approximate surface area is 159 Å². The normalized spacial score (nSPS) is 11.2. The van der Waals surface area contributed by atoms with Crippen LogP contribution in [0.1, 0.15) is 16.7 Å². The molecule has 25 heavy (non-hydrogen) atoms. The van der Waals surface area contributed by atoms with Gasteiger partial charge < -0.3 is 5.73 Å². The molecule has 3 aromatic rings. The molecular weight excluding hydrogens is 400 g/mol. The van der Waals surface area contributed by atoms with Gasteiger partial charge in [-0.25, -0.2) is 9.97 Å². The van der Waals surface area contributed by atoms with Crippen LogP contribution in [0.4, 0.5) is 5.82 Å². The van der Waals surface area contributed by atoms with Crippen molar-refractivity contribution in [3.63, 3.8) is 0 Å². The monoisotopic (exact) mass is 412 g/mol. The van der Waals surface area contributed by atoms with Crippen molar-refractivity contribution in [3.8, 4) is 17.2 Å². The first-order valence-electron chi connectivity index (χ1n) is 7.50. The topological polar surface area (TPSA) is 75.6 Å². The van der Waals surface area contributed by atoms with E-state index in [4.69, 9.17) is 22.6 Å². The molecule has 0 aliphatic rings. The highest BCUT2D eigenvalue weighted by Crippen LogP contribution is 2.37. The molecule has 2 N–H and O–H groups in total.